The van der Waals surface area contributed by atoms with Crippen LogP contribution >= 0.6 is 0 Å². The van der Waals surface area contributed by atoms with Crippen molar-refractivity contribution >= 4 is 17.3 Å². The fraction of sp³-hybridized carbons (Fsp3) is 0.462. The highest BCUT2D eigenvalue weighted by Gasteiger charge is 2.23. The first-order chi connectivity index (χ1) is 9.27. The third-order valence-electron chi connectivity index (χ3n) is 3.39. The molecule has 0 aromatic heterocycles. The van der Waals surface area contributed by atoms with Gasteiger partial charge in [0.05, 0.1) is 16.6 Å². The van der Waals surface area contributed by atoms with Gasteiger partial charge in [-0.05, 0) is 18.9 Å². The van der Waals surface area contributed by atoms with Crippen molar-refractivity contribution in [1.82, 2.24) is 0 Å². The molecule has 0 fully saturated rings. The Morgan fingerprint density at radius 1 is 1.50 bits per heavy atom. The number of hydrogen-bond acceptors (Lipinski definition) is 4. The lowest BCUT2D eigenvalue weighted by Crippen LogP contribution is -2.24. The van der Waals surface area contributed by atoms with Crippen LogP contribution in [-0.4, -0.2) is 22.0 Å². The quantitative estimate of drug-likeness (QED) is 0.617. The first-order valence-electron chi connectivity index (χ1n) is 6.25. The van der Waals surface area contributed by atoms with Crippen molar-refractivity contribution in [2.45, 2.75) is 33.2 Å². The van der Waals surface area contributed by atoms with Crippen molar-refractivity contribution in [3.05, 3.63) is 33.6 Å². The molecule has 2 atom stereocenters. The summed E-state index contributed by atoms with van der Waals surface area (Å²) in [4.78, 5) is 21.1. The molecular weight excluding hydrogens is 267 g/mol. The molecule has 6 nitrogen and oxygen atoms in total. The van der Waals surface area contributed by atoms with Gasteiger partial charge in [0.2, 0.25) is 0 Å². The summed E-state index contributed by atoms with van der Waals surface area (Å²) in [6, 6.07) is 1.50. The van der Waals surface area contributed by atoms with Gasteiger partial charge in [0, 0.05) is 6.04 Å². The summed E-state index contributed by atoms with van der Waals surface area (Å²) in [7, 11) is 0. The summed E-state index contributed by atoms with van der Waals surface area (Å²) in [5.74, 6) is -2.35. The van der Waals surface area contributed by atoms with Crippen molar-refractivity contribution in [2.75, 3.05) is 5.32 Å². The van der Waals surface area contributed by atoms with Gasteiger partial charge in [-0.15, -0.1) is 0 Å². The van der Waals surface area contributed by atoms with Gasteiger partial charge in [-0.1, -0.05) is 20.3 Å². The highest BCUT2D eigenvalue weighted by molar-refractivity contribution is 5.90. The molecule has 110 valence electrons. The number of nitrogens with zero attached hydrogens (tertiary/aromatic N) is 1. The Morgan fingerprint density at radius 2 is 2.10 bits per heavy atom. The molecule has 0 radical (unpaired) electrons. The third-order valence-corrected chi connectivity index (χ3v) is 3.39. The Hall–Kier alpha value is -2.18. The molecule has 0 saturated carbocycles. The van der Waals surface area contributed by atoms with E-state index in [1.165, 1.54) is 0 Å². The van der Waals surface area contributed by atoms with Gasteiger partial charge >= 0.3 is 5.97 Å². The molecule has 0 aliphatic heterocycles. The number of nitrogens with one attached hydrogen (secondary N) is 1. The Bertz CT molecular complexity index is 533. The van der Waals surface area contributed by atoms with Gasteiger partial charge in [-0.25, -0.2) is 9.18 Å². The van der Waals surface area contributed by atoms with E-state index < -0.39 is 28.0 Å². The minimum Gasteiger partial charge on any atom is -0.478 e. The van der Waals surface area contributed by atoms with E-state index in [2.05, 4.69) is 5.32 Å². The summed E-state index contributed by atoms with van der Waals surface area (Å²) >= 11 is 0. The predicted octanol–water partition coefficient (Wildman–Crippen LogP) is 3.28. The average molecular weight is 284 g/mol. The molecule has 0 bridgehead atoms. The summed E-state index contributed by atoms with van der Waals surface area (Å²) in [6.07, 6.45) is 0.856. The molecule has 0 spiro atoms. The van der Waals surface area contributed by atoms with E-state index in [4.69, 9.17) is 5.11 Å². The molecule has 0 saturated heterocycles. The van der Waals surface area contributed by atoms with E-state index in [1.807, 2.05) is 20.8 Å². The zero-order chi connectivity index (χ0) is 15.4. The van der Waals surface area contributed by atoms with Crippen LogP contribution in [0.4, 0.5) is 15.8 Å². The van der Waals surface area contributed by atoms with Gasteiger partial charge in [0.1, 0.15) is 11.5 Å². The lowest BCUT2D eigenvalue weighted by molar-refractivity contribution is -0.384. The predicted molar refractivity (Wildman–Crippen MR) is 72.6 cm³/mol. The summed E-state index contributed by atoms with van der Waals surface area (Å²) in [5, 5.41) is 22.7. The Morgan fingerprint density at radius 3 is 2.55 bits per heavy atom. The zero-order valence-corrected chi connectivity index (χ0v) is 11.5. The summed E-state index contributed by atoms with van der Waals surface area (Å²) in [5.41, 5.74) is -1.04. The molecular formula is C13H17FN2O4. The van der Waals surface area contributed by atoms with Crippen LogP contribution < -0.4 is 5.32 Å². The highest BCUT2D eigenvalue weighted by atomic mass is 19.1. The normalized spacial score (nSPS) is 13.6. The third kappa shape index (κ3) is 3.43. The van der Waals surface area contributed by atoms with Crippen LogP contribution in [-0.2, 0) is 0 Å². The van der Waals surface area contributed by atoms with Crippen LogP contribution in [0.2, 0.25) is 0 Å². The molecule has 1 aromatic carbocycles. The molecule has 0 aliphatic carbocycles. The number of nitro groups is 1. The minimum atomic E-state index is -1.46. The van der Waals surface area contributed by atoms with Crippen LogP contribution in [0.3, 0.4) is 0 Å². The number of hydrogen-bond donors (Lipinski definition) is 2. The number of anilines is 1. The van der Waals surface area contributed by atoms with E-state index in [0.29, 0.717) is 6.07 Å². The fourth-order valence-electron chi connectivity index (χ4n) is 1.73. The molecule has 1 rings (SSSR count). The van der Waals surface area contributed by atoms with Crippen LogP contribution in [0.15, 0.2) is 12.1 Å². The van der Waals surface area contributed by atoms with Gasteiger partial charge in [-0.2, -0.15) is 0 Å². The Kier molecular flexibility index (Phi) is 5.01. The van der Waals surface area contributed by atoms with Crippen LogP contribution in [0.1, 0.15) is 37.6 Å². The van der Waals surface area contributed by atoms with Gasteiger partial charge in [-0.3, -0.25) is 10.1 Å². The highest BCUT2D eigenvalue weighted by Crippen LogP contribution is 2.29. The monoisotopic (exact) mass is 284 g/mol. The largest absolute Gasteiger partial charge is 0.478 e. The maximum atomic E-state index is 13.5. The first-order valence-corrected chi connectivity index (χ1v) is 6.25. The number of halogens is 1. The second-order valence-electron chi connectivity index (χ2n) is 4.73. The van der Waals surface area contributed by atoms with Crippen LogP contribution in [0.25, 0.3) is 0 Å². The van der Waals surface area contributed by atoms with Gasteiger partial charge in [0.15, 0.2) is 0 Å². The van der Waals surface area contributed by atoms with E-state index in [9.17, 15) is 19.3 Å². The Balaban J connectivity index is 3.24. The minimum absolute atomic E-state index is 0.0154. The number of aromatic carboxylic acids is 1. The van der Waals surface area contributed by atoms with E-state index in [0.717, 1.165) is 12.5 Å². The number of carboxylic acids is 1. The van der Waals surface area contributed by atoms with E-state index in [-0.39, 0.29) is 17.6 Å². The number of carbonyl (C=O) groups is 1. The number of nitro benzene ring substituents is 1. The lowest BCUT2D eigenvalue weighted by Gasteiger charge is -2.21. The zero-order valence-electron chi connectivity index (χ0n) is 11.5. The van der Waals surface area contributed by atoms with E-state index in [1.54, 1.807) is 0 Å². The molecule has 7 heteroatoms. The Labute approximate surface area is 115 Å². The molecule has 0 amide bonds. The van der Waals surface area contributed by atoms with E-state index >= 15 is 0 Å². The fourth-order valence-corrected chi connectivity index (χ4v) is 1.73. The van der Waals surface area contributed by atoms with Gasteiger partial charge < -0.3 is 10.4 Å². The number of benzene rings is 1. The molecule has 0 aliphatic rings. The molecule has 2 unspecified atom stereocenters. The summed E-state index contributed by atoms with van der Waals surface area (Å²) in [6.45, 7) is 5.78. The number of carboxylic acid groups (broad SMARTS) is 1. The van der Waals surface area contributed by atoms with Crippen molar-refractivity contribution in [3.63, 3.8) is 0 Å². The standard InChI is InChI=1S/C13H17FN2O4/c1-4-7(2)8(3)15-11-5-9(13(17)18)10(14)6-12(11)16(19)20/h5-8,15H,4H2,1-3H3,(H,17,18). The topological polar surface area (TPSA) is 92.5 Å². The van der Waals surface area contributed by atoms with Crippen LogP contribution in [0, 0.1) is 21.8 Å². The SMILES string of the molecule is CCC(C)C(C)Nc1cc(C(=O)O)c(F)cc1[N+](=O)[O-]. The van der Waals surface area contributed by atoms with Crippen molar-refractivity contribution < 1.29 is 19.2 Å². The maximum absolute atomic E-state index is 13.5. The van der Waals surface area contributed by atoms with Gasteiger partial charge in [0.25, 0.3) is 5.69 Å². The van der Waals surface area contributed by atoms with Crippen molar-refractivity contribution in [2.24, 2.45) is 5.92 Å². The summed E-state index contributed by atoms with van der Waals surface area (Å²) < 4.78 is 13.5. The lowest BCUT2D eigenvalue weighted by atomic mass is 10.0. The van der Waals surface area contributed by atoms with Crippen LogP contribution in [0.5, 0.6) is 0 Å². The molecule has 20 heavy (non-hydrogen) atoms. The van der Waals surface area contributed by atoms with Crippen molar-refractivity contribution in [1.29, 1.82) is 0 Å². The van der Waals surface area contributed by atoms with Crippen molar-refractivity contribution in [3.8, 4) is 0 Å². The molecule has 2 N–H and O–H groups in total. The maximum Gasteiger partial charge on any atom is 0.338 e. The second-order valence-corrected chi connectivity index (χ2v) is 4.73. The smallest absolute Gasteiger partial charge is 0.338 e. The second kappa shape index (κ2) is 6.31. The molecule has 1 aromatic rings. The first kappa shape index (κ1) is 15.9. The average Bonchev–Trinajstić information content (AvgIpc) is 2.38. The molecule has 0 heterocycles. The number of rotatable bonds is 6.